The summed E-state index contributed by atoms with van der Waals surface area (Å²) in [5.74, 6) is 0.766. The van der Waals surface area contributed by atoms with Crippen molar-refractivity contribution in [2.45, 2.75) is 13.0 Å². The summed E-state index contributed by atoms with van der Waals surface area (Å²) in [5, 5.41) is 4.85. The molecule has 26 heavy (non-hydrogen) atoms. The predicted molar refractivity (Wildman–Crippen MR) is 97.4 cm³/mol. The number of nitrogens with zero attached hydrogens (tertiary/aromatic N) is 5. The highest BCUT2D eigenvalue weighted by atomic mass is 16.5. The van der Waals surface area contributed by atoms with Crippen LogP contribution in [0.1, 0.15) is 11.1 Å². The number of nitrogens with two attached hydrogens (primary N) is 1. The van der Waals surface area contributed by atoms with Gasteiger partial charge in [-0.1, -0.05) is 12.1 Å². The van der Waals surface area contributed by atoms with Gasteiger partial charge in [0.05, 0.1) is 19.0 Å². The molecule has 1 aromatic carbocycles. The molecule has 0 atom stereocenters. The van der Waals surface area contributed by atoms with Crippen LogP contribution in [0.2, 0.25) is 0 Å². The molecule has 0 bridgehead atoms. The van der Waals surface area contributed by atoms with Crippen molar-refractivity contribution < 1.29 is 4.74 Å². The summed E-state index contributed by atoms with van der Waals surface area (Å²) >= 11 is 0. The summed E-state index contributed by atoms with van der Waals surface area (Å²) < 4.78 is 8.09. The number of ether oxygens (including phenoxy) is 1. The van der Waals surface area contributed by atoms with Gasteiger partial charge in [-0.3, -0.25) is 4.57 Å². The number of aromatic nitrogens is 5. The first kappa shape index (κ1) is 16.2. The molecule has 8 heteroatoms. The molecule has 0 aliphatic rings. The fourth-order valence-corrected chi connectivity index (χ4v) is 3.01. The van der Waals surface area contributed by atoms with Crippen molar-refractivity contribution in [1.82, 2.24) is 24.1 Å². The number of methoxy groups -OCH3 is 1. The van der Waals surface area contributed by atoms with E-state index >= 15 is 0 Å². The van der Waals surface area contributed by atoms with Gasteiger partial charge < -0.3 is 10.5 Å². The number of hydrogen-bond donors (Lipinski definition) is 1. The van der Waals surface area contributed by atoms with Gasteiger partial charge in [0, 0.05) is 6.20 Å². The number of hydrogen-bond acceptors (Lipinski definition) is 6. The van der Waals surface area contributed by atoms with E-state index in [4.69, 9.17) is 10.5 Å². The standard InChI is InChI=1S/C18H18N6O2/c1-26-14-4-2-12(3-5-14)10-23-16-15(8-13(6-7-19)9-20-16)17-21-11-22-24(17)18(23)25/h2-5,8-9,11H,6-7,10,19H2,1H3. The Morgan fingerprint density at radius 1 is 1.12 bits per heavy atom. The zero-order valence-corrected chi connectivity index (χ0v) is 14.3. The molecule has 4 aromatic rings. The first-order valence-corrected chi connectivity index (χ1v) is 8.25. The Kier molecular flexibility index (Phi) is 4.10. The molecule has 3 aromatic heterocycles. The maximum atomic E-state index is 12.9. The second-order valence-corrected chi connectivity index (χ2v) is 5.97. The quantitative estimate of drug-likeness (QED) is 0.576. The first-order chi connectivity index (χ1) is 12.7. The number of fused-ring (bicyclic) bond motifs is 3. The highest BCUT2D eigenvalue weighted by Crippen LogP contribution is 2.18. The zero-order valence-electron chi connectivity index (χ0n) is 14.3. The second-order valence-electron chi connectivity index (χ2n) is 5.97. The van der Waals surface area contributed by atoms with Gasteiger partial charge in [-0.2, -0.15) is 9.61 Å². The monoisotopic (exact) mass is 350 g/mol. The van der Waals surface area contributed by atoms with E-state index in [0.29, 0.717) is 30.8 Å². The van der Waals surface area contributed by atoms with Crippen LogP contribution in [0.25, 0.3) is 16.7 Å². The minimum absolute atomic E-state index is 0.278. The normalized spacial score (nSPS) is 11.3. The molecule has 8 nitrogen and oxygen atoms in total. The minimum atomic E-state index is -0.278. The Bertz CT molecular complexity index is 1130. The van der Waals surface area contributed by atoms with E-state index < -0.39 is 0 Å². The molecule has 0 amide bonds. The lowest BCUT2D eigenvalue weighted by atomic mass is 10.1. The molecule has 0 radical (unpaired) electrons. The molecule has 2 N–H and O–H groups in total. The fourth-order valence-electron chi connectivity index (χ4n) is 3.01. The molecule has 0 fully saturated rings. The SMILES string of the molecule is COc1ccc(Cn2c(=O)n3ncnc3c3cc(CCN)cnc32)cc1. The number of rotatable bonds is 5. The molecule has 0 aliphatic heterocycles. The number of pyridine rings is 1. The third kappa shape index (κ3) is 2.70. The van der Waals surface area contributed by atoms with E-state index in [2.05, 4.69) is 15.1 Å². The summed E-state index contributed by atoms with van der Waals surface area (Å²) in [7, 11) is 1.62. The van der Waals surface area contributed by atoms with Gasteiger partial charge in [0.25, 0.3) is 0 Å². The van der Waals surface area contributed by atoms with Crippen LogP contribution in [-0.4, -0.2) is 37.8 Å². The molecule has 0 spiro atoms. The average Bonchev–Trinajstić information content (AvgIpc) is 3.16. The lowest BCUT2D eigenvalue weighted by Crippen LogP contribution is -2.29. The Labute approximate surface area is 148 Å². The third-order valence-corrected chi connectivity index (χ3v) is 4.31. The molecular weight excluding hydrogens is 332 g/mol. The molecule has 3 heterocycles. The van der Waals surface area contributed by atoms with Crippen molar-refractivity contribution in [2.24, 2.45) is 5.73 Å². The predicted octanol–water partition coefficient (Wildman–Crippen LogP) is 0.997. The van der Waals surface area contributed by atoms with Crippen LogP contribution in [-0.2, 0) is 13.0 Å². The topological polar surface area (TPSA) is 100 Å². The van der Waals surface area contributed by atoms with E-state index in [9.17, 15) is 4.79 Å². The van der Waals surface area contributed by atoms with Gasteiger partial charge in [-0.05, 0) is 42.3 Å². The Balaban J connectivity index is 1.91. The maximum absolute atomic E-state index is 12.9. The summed E-state index contributed by atoms with van der Waals surface area (Å²) in [4.78, 5) is 21.6. The van der Waals surface area contributed by atoms with Gasteiger partial charge in [0.1, 0.15) is 17.7 Å². The second kappa shape index (κ2) is 6.57. The molecule has 4 rings (SSSR count). The molecular formula is C18H18N6O2. The smallest absolute Gasteiger partial charge is 0.352 e. The summed E-state index contributed by atoms with van der Waals surface area (Å²) in [5.41, 5.74) is 8.41. The third-order valence-electron chi connectivity index (χ3n) is 4.31. The van der Waals surface area contributed by atoms with Gasteiger partial charge >= 0.3 is 5.69 Å². The molecule has 132 valence electrons. The highest BCUT2D eigenvalue weighted by Gasteiger charge is 2.14. The van der Waals surface area contributed by atoms with Crippen molar-refractivity contribution in [3.05, 3.63) is 64.5 Å². The van der Waals surface area contributed by atoms with E-state index in [1.807, 2.05) is 30.3 Å². The Morgan fingerprint density at radius 3 is 2.65 bits per heavy atom. The molecule has 0 saturated carbocycles. The first-order valence-electron chi connectivity index (χ1n) is 8.25. The van der Waals surface area contributed by atoms with Crippen LogP contribution in [0.3, 0.4) is 0 Å². The molecule has 0 aliphatic carbocycles. The summed E-state index contributed by atoms with van der Waals surface area (Å²) in [6.45, 7) is 0.903. The van der Waals surface area contributed by atoms with Crippen molar-refractivity contribution in [2.75, 3.05) is 13.7 Å². The lowest BCUT2D eigenvalue weighted by Gasteiger charge is -2.11. The zero-order chi connectivity index (χ0) is 18.1. The largest absolute Gasteiger partial charge is 0.497 e. The fraction of sp³-hybridized carbons (Fsp3) is 0.222. The van der Waals surface area contributed by atoms with Crippen molar-refractivity contribution in [1.29, 1.82) is 0 Å². The van der Waals surface area contributed by atoms with E-state index in [0.717, 1.165) is 22.3 Å². The van der Waals surface area contributed by atoms with E-state index in [-0.39, 0.29) is 5.69 Å². The van der Waals surface area contributed by atoms with Crippen LogP contribution in [0.5, 0.6) is 5.75 Å². The van der Waals surface area contributed by atoms with E-state index in [1.165, 1.54) is 10.8 Å². The van der Waals surface area contributed by atoms with Gasteiger partial charge in [-0.25, -0.2) is 14.8 Å². The average molecular weight is 350 g/mol. The van der Waals surface area contributed by atoms with Gasteiger partial charge in [0.15, 0.2) is 5.65 Å². The molecule has 0 saturated heterocycles. The summed E-state index contributed by atoms with van der Waals surface area (Å²) in [6, 6.07) is 9.55. The van der Waals surface area contributed by atoms with Crippen LogP contribution in [0, 0.1) is 0 Å². The Morgan fingerprint density at radius 2 is 1.92 bits per heavy atom. The van der Waals surface area contributed by atoms with Crippen LogP contribution in [0.4, 0.5) is 0 Å². The maximum Gasteiger partial charge on any atom is 0.352 e. The highest BCUT2D eigenvalue weighted by molar-refractivity contribution is 5.89. The number of benzene rings is 1. The van der Waals surface area contributed by atoms with Crippen molar-refractivity contribution >= 4 is 16.7 Å². The van der Waals surface area contributed by atoms with Gasteiger partial charge in [-0.15, -0.1) is 0 Å². The van der Waals surface area contributed by atoms with Crippen LogP contribution >= 0.6 is 0 Å². The van der Waals surface area contributed by atoms with Crippen LogP contribution in [0.15, 0.2) is 47.7 Å². The molecule has 0 unspecified atom stereocenters. The van der Waals surface area contributed by atoms with E-state index in [1.54, 1.807) is 17.9 Å². The van der Waals surface area contributed by atoms with Crippen molar-refractivity contribution in [3.63, 3.8) is 0 Å². The van der Waals surface area contributed by atoms with Crippen LogP contribution < -0.4 is 16.2 Å². The lowest BCUT2D eigenvalue weighted by molar-refractivity contribution is 0.414. The van der Waals surface area contributed by atoms with Crippen molar-refractivity contribution in [3.8, 4) is 5.75 Å². The Hall–Kier alpha value is -3.26. The van der Waals surface area contributed by atoms with Gasteiger partial charge in [0.2, 0.25) is 0 Å². The minimum Gasteiger partial charge on any atom is -0.497 e. The summed E-state index contributed by atoms with van der Waals surface area (Å²) in [6.07, 6.45) is 3.84.